The van der Waals surface area contributed by atoms with Crippen LogP contribution in [0.15, 0.2) is 28.4 Å². The average molecular weight is 195 g/mol. The van der Waals surface area contributed by atoms with Crippen LogP contribution in [0, 0.1) is 5.92 Å². The lowest BCUT2D eigenvalue weighted by Crippen LogP contribution is -2.38. The van der Waals surface area contributed by atoms with Crippen LogP contribution < -0.4 is 11.1 Å². The molecule has 0 saturated carbocycles. The molecule has 3 atom stereocenters. The zero-order valence-corrected chi connectivity index (χ0v) is 8.29. The molecule has 0 radical (unpaired) electrons. The second-order valence-corrected chi connectivity index (χ2v) is 3.80. The number of fused-ring (bicyclic) bond motifs is 1. The Kier molecular flexibility index (Phi) is 2.06. The third kappa shape index (κ3) is 1.41. The summed E-state index contributed by atoms with van der Waals surface area (Å²) in [7, 11) is 0. The Balaban J connectivity index is 2.40. The summed E-state index contributed by atoms with van der Waals surface area (Å²) in [6.07, 6.45) is 2.41. The summed E-state index contributed by atoms with van der Waals surface area (Å²) < 4.78 is 13.4. The molecule has 0 saturated heterocycles. The third-order valence-corrected chi connectivity index (χ3v) is 2.52. The number of nitrogens with zero attached hydrogens (tertiary/aromatic N) is 1. The number of nitrogens with one attached hydrogen (secondary N) is 1. The normalized spacial score (nSPS) is 36.2. The van der Waals surface area contributed by atoms with Gasteiger partial charge in [0.15, 0.2) is 0 Å². The molecule has 0 aromatic carbocycles. The second kappa shape index (κ2) is 3.12. The van der Waals surface area contributed by atoms with Gasteiger partial charge in [-0.1, -0.05) is 13.0 Å². The van der Waals surface area contributed by atoms with E-state index in [1.54, 1.807) is 6.08 Å². The highest BCUT2D eigenvalue weighted by atomic mass is 19.1. The van der Waals surface area contributed by atoms with Crippen molar-refractivity contribution in [3.63, 3.8) is 0 Å². The number of hydrogen-bond acceptors (Lipinski definition) is 3. The number of halogens is 1. The van der Waals surface area contributed by atoms with Crippen molar-refractivity contribution in [1.29, 1.82) is 0 Å². The van der Waals surface area contributed by atoms with Gasteiger partial charge in [0.1, 0.15) is 18.2 Å². The molecule has 76 valence electrons. The fourth-order valence-corrected chi connectivity index (χ4v) is 1.73. The molecule has 0 aromatic heterocycles. The van der Waals surface area contributed by atoms with Crippen molar-refractivity contribution in [2.75, 3.05) is 0 Å². The lowest BCUT2D eigenvalue weighted by molar-refractivity contribution is 0.329. The van der Waals surface area contributed by atoms with Crippen LogP contribution in [0.5, 0.6) is 0 Å². The van der Waals surface area contributed by atoms with Crippen LogP contribution in [-0.2, 0) is 0 Å². The van der Waals surface area contributed by atoms with E-state index in [2.05, 4.69) is 10.3 Å². The van der Waals surface area contributed by atoms with E-state index in [1.807, 2.05) is 19.9 Å². The number of hydrogen-bond donors (Lipinski definition) is 2. The summed E-state index contributed by atoms with van der Waals surface area (Å²) in [5.41, 5.74) is 7.38. The van der Waals surface area contributed by atoms with Gasteiger partial charge in [0.05, 0.1) is 0 Å². The first-order valence-corrected chi connectivity index (χ1v) is 4.76. The smallest absolute Gasteiger partial charge is 0.129 e. The lowest BCUT2D eigenvalue weighted by Gasteiger charge is -2.28. The summed E-state index contributed by atoms with van der Waals surface area (Å²) in [6, 6.07) is 0. The number of aliphatic imine (C=N–C) groups is 1. The quantitative estimate of drug-likeness (QED) is 0.608. The molecule has 0 bridgehead atoms. The predicted octanol–water partition coefficient (Wildman–Crippen LogP) is 1.09. The standard InChI is InChI=1S/C10H14FN3/c1-5-3-7-9(4-8(5)11)13-6(2)14-10(7)12/h3-6,8,13H,1-2H3,(H2,12,14). The SMILES string of the molecule is CC1N=C(N)C2=CC(C)C(F)C=C2N1. The number of amidine groups is 1. The van der Waals surface area contributed by atoms with E-state index >= 15 is 0 Å². The van der Waals surface area contributed by atoms with E-state index in [9.17, 15) is 4.39 Å². The van der Waals surface area contributed by atoms with Gasteiger partial charge in [0.25, 0.3) is 0 Å². The molecule has 1 aliphatic heterocycles. The van der Waals surface area contributed by atoms with E-state index in [0.717, 1.165) is 11.3 Å². The maximum atomic E-state index is 13.4. The summed E-state index contributed by atoms with van der Waals surface area (Å²) in [5.74, 6) is 0.374. The monoisotopic (exact) mass is 195 g/mol. The molecule has 0 aromatic rings. The van der Waals surface area contributed by atoms with Gasteiger partial charge < -0.3 is 11.1 Å². The van der Waals surface area contributed by atoms with E-state index in [-0.39, 0.29) is 12.1 Å². The van der Waals surface area contributed by atoms with E-state index < -0.39 is 6.17 Å². The predicted molar refractivity (Wildman–Crippen MR) is 54.4 cm³/mol. The van der Waals surface area contributed by atoms with Crippen molar-refractivity contribution in [1.82, 2.24) is 5.32 Å². The molecule has 1 heterocycles. The van der Waals surface area contributed by atoms with Crippen molar-refractivity contribution in [3.05, 3.63) is 23.4 Å². The Morgan fingerprint density at radius 2 is 2.14 bits per heavy atom. The Morgan fingerprint density at radius 3 is 2.86 bits per heavy atom. The molecule has 0 fully saturated rings. The summed E-state index contributed by atoms with van der Waals surface area (Å²) in [6.45, 7) is 3.71. The Labute approximate surface area is 82.6 Å². The molecule has 1 aliphatic carbocycles. The fourth-order valence-electron chi connectivity index (χ4n) is 1.73. The van der Waals surface area contributed by atoms with Gasteiger partial charge in [0.2, 0.25) is 0 Å². The van der Waals surface area contributed by atoms with Crippen molar-refractivity contribution >= 4 is 5.84 Å². The zero-order valence-electron chi connectivity index (χ0n) is 8.29. The van der Waals surface area contributed by atoms with E-state index in [4.69, 9.17) is 5.73 Å². The third-order valence-electron chi connectivity index (χ3n) is 2.52. The van der Waals surface area contributed by atoms with Crippen LogP contribution in [0.25, 0.3) is 0 Å². The highest BCUT2D eigenvalue weighted by molar-refractivity contribution is 6.02. The first kappa shape index (κ1) is 9.24. The molecule has 2 aliphatic rings. The second-order valence-electron chi connectivity index (χ2n) is 3.80. The van der Waals surface area contributed by atoms with Gasteiger partial charge in [-0.3, -0.25) is 0 Å². The molecule has 3 N–H and O–H groups in total. The average Bonchev–Trinajstić information content (AvgIpc) is 2.08. The molecular formula is C10H14FN3. The van der Waals surface area contributed by atoms with Crippen LogP contribution in [0.2, 0.25) is 0 Å². The van der Waals surface area contributed by atoms with Crippen molar-refractivity contribution < 1.29 is 4.39 Å². The van der Waals surface area contributed by atoms with Gasteiger partial charge in [-0.05, 0) is 13.0 Å². The number of allylic oxidation sites excluding steroid dienone is 2. The van der Waals surface area contributed by atoms with Crippen LogP contribution >= 0.6 is 0 Å². The number of alkyl halides is 1. The van der Waals surface area contributed by atoms with Gasteiger partial charge in [0, 0.05) is 17.2 Å². The number of rotatable bonds is 0. The topological polar surface area (TPSA) is 50.4 Å². The minimum Gasteiger partial charge on any atom is -0.383 e. The number of nitrogens with two attached hydrogens (primary N) is 1. The van der Waals surface area contributed by atoms with Crippen LogP contribution in [0.1, 0.15) is 13.8 Å². The molecule has 0 amide bonds. The van der Waals surface area contributed by atoms with Crippen LogP contribution in [-0.4, -0.2) is 18.2 Å². The zero-order chi connectivity index (χ0) is 10.3. The molecule has 14 heavy (non-hydrogen) atoms. The molecular weight excluding hydrogens is 181 g/mol. The highest BCUT2D eigenvalue weighted by Gasteiger charge is 2.26. The van der Waals surface area contributed by atoms with Crippen LogP contribution in [0.3, 0.4) is 0 Å². The first-order chi connectivity index (χ1) is 6.58. The van der Waals surface area contributed by atoms with Crippen molar-refractivity contribution in [2.24, 2.45) is 16.6 Å². The molecule has 3 unspecified atom stereocenters. The Morgan fingerprint density at radius 1 is 1.43 bits per heavy atom. The van der Waals surface area contributed by atoms with Gasteiger partial charge in [-0.25, -0.2) is 9.38 Å². The maximum Gasteiger partial charge on any atom is 0.129 e. The molecule has 2 rings (SSSR count). The van der Waals surface area contributed by atoms with E-state index in [0.29, 0.717) is 5.84 Å². The first-order valence-electron chi connectivity index (χ1n) is 4.76. The summed E-state index contributed by atoms with van der Waals surface area (Å²) >= 11 is 0. The van der Waals surface area contributed by atoms with Crippen LogP contribution in [0.4, 0.5) is 4.39 Å². The fraction of sp³-hybridized carbons (Fsp3) is 0.500. The molecule has 4 heteroatoms. The molecule has 0 spiro atoms. The lowest BCUT2D eigenvalue weighted by atomic mass is 9.92. The van der Waals surface area contributed by atoms with Crippen molar-refractivity contribution in [2.45, 2.75) is 26.2 Å². The minimum atomic E-state index is -0.931. The maximum absolute atomic E-state index is 13.4. The Bertz CT molecular complexity index is 343. The van der Waals surface area contributed by atoms with Gasteiger partial charge in [-0.15, -0.1) is 0 Å². The summed E-state index contributed by atoms with van der Waals surface area (Å²) in [5, 5.41) is 3.08. The van der Waals surface area contributed by atoms with Gasteiger partial charge in [-0.2, -0.15) is 0 Å². The summed E-state index contributed by atoms with van der Waals surface area (Å²) in [4.78, 5) is 4.18. The highest BCUT2D eigenvalue weighted by Crippen LogP contribution is 2.26. The largest absolute Gasteiger partial charge is 0.383 e. The van der Waals surface area contributed by atoms with Crippen molar-refractivity contribution in [3.8, 4) is 0 Å². The van der Waals surface area contributed by atoms with E-state index in [1.165, 1.54) is 0 Å². The minimum absolute atomic E-state index is 0.0704. The molecule has 3 nitrogen and oxygen atoms in total. The van der Waals surface area contributed by atoms with Gasteiger partial charge >= 0.3 is 0 Å². The Hall–Kier alpha value is -1.32.